The number of hydrogen-bond acceptors (Lipinski definition) is 1. The maximum atomic E-state index is 12.0. The van der Waals surface area contributed by atoms with Gasteiger partial charge in [0.2, 0.25) is 5.91 Å². The van der Waals surface area contributed by atoms with Gasteiger partial charge in [0.05, 0.1) is 0 Å². The van der Waals surface area contributed by atoms with Crippen LogP contribution in [-0.4, -0.2) is 23.9 Å². The Kier molecular flexibility index (Phi) is 10.8. The highest BCUT2D eigenvalue weighted by Crippen LogP contribution is 2.07. The van der Waals surface area contributed by atoms with E-state index in [9.17, 15) is 4.79 Å². The molecule has 0 aliphatic rings. The van der Waals surface area contributed by atoms with Gasteiger partial charge in [0, 0.05) is 13.1 Å². The van der Waals surface area contributed by atoms with E-state index in [0.29, 0.717) is 0 Å². The lowest BCUT2D eigenvalue weighted by molar-refractivity contribution is -0.125. The molecule has 0 spiro atoms. The number of unbranched alkanes of at least 4 members (excludes halogenated alkanes) is 1. The molecule has 2 heteroatoms. The van der Waals surface area contributed by atoms with Crippen molar-refractivity contribution in [1.82, 2.24) is 4.90 Å². The highest BCUT2D eigenvalue weighted by Gasteiger charge is 2.07. The summed E-state index contributed by atoms with van der Waals surface area (Å²) in [7, 11) is 0. The molecule has 0 aromatic heterocycles. The quantitative estimate of drug-likeness (QED) is 0.434. The van der Waals surface area contributed by atoms with Gasteiger partial charge in [0.1, 0.15) is 0 Å². The van der Waals surface area contributed by atoms with Gasteiger partial charge in [-0.15, -0.1) is 0 Å². The molecule has 0 fully saturated rings. The third kappa shape index (κ3) is 9.60. The normalized spacial score (nSPS) is 11.8. The maximum absolute atomic E-state index is 12.0. The Morgan fingerprint density at radius 2 is 1.85 bits per heavy atom. The minimum Gasteiger partial charge on any atom is -0.335 e. The molecule has 0 saturated carbocycles. The van der Waals surface area contributed by atoms with Crippen molar-refractivity contribution in [2.75, 3.05) is 13.1 Å². The molecule has 0 aliphatic carbocycles. The van der Waals surface area contributed by atoms with Crippen LogP contribution in [-0.2, 0) is 4.79 Å². The molecular weight excluding hydrogens is 246 g/mol. The molecule has 0 aromatic rings. The maximum Gasteiger partial charge on any atom is 0.246 e. The number of allylic oxidation sites excluding steroid dienone is 4. The predicted molar refractivity (Wildman–Crippen MR) is 88.7 cm³/mol. The lowest BCUT2D eigenvalue weighted by Crippen LogP contribution is -2.30. The SMILES string of the molecule is C/C=C/C(=O)N(C/C=C(\C)CCC=C(C)C)CCCC. The van der Waals surface area contributed by atoms with Crippen LogP contribution in [0, 0.1) is 0 Å². The van der Waals surface area contributed by atoms with E-state index in [1.54, 1.807) is 6.08 Å². The highest BCUT2D eigenvalue weighted by atomic mass is 16.2. The first kappa shape index (κ1) is 18.7. The third-order valence-electron chi connectivity index (χ3n) is 3.15. The fraction of sp³-hybridized carbons (Fsp3) is 0.611. The average molecular weight is 277 g/mol. The van der Waals surface area contributed by atoms with Gasteiger partial charge in [0.15, 0.2) is 0 Å². The second-order valence-corrected chi connectivity index (χ2v) is 5.51. The van der Waals surface area contributed by atoms with Gasteiger partial charge in [0.25, 0.3) is 0 Å². The van der Waals surface area contributed by atoms with E-state index in [4.69, 9.17) is 0 Å². The van der Waals surface area contributed by atoms with Crippen molar-refractivity contribution in [3.63, 3.8) is 0 Å². The molecule has 0 saturated heterocycles. The zero-order valence-corrected chi connectivity index (χ0v) is 13.9. The molecule has 0 atom stereocenters. The first-order valence-electron chi connectivity index (χ1n) is 7.71. The minimum absolute atomic E-state index is 0.120. The monoisotopic (exact) mass is 277 g/mol. The van der Waals surface area contributed by atoms with Crippen LogP contribution in [0.5, 0.6) is 0 Å². The van der Waals surface area contributed by atoms with E-state index in [2.05, 4.69) is 39.8 Å². The Morgan fingerprint density at radius 1 is 1.15 bits per heavy atom. The van der Waals surface area contributed by atoms with Crippen molar-refractivity contribution >= 4 is 5.91 Å². The largest absolute Gasteiger partial charge is 0.335 e. The van der Waals surface area contributed by atoms with E-state index in [-0.39, 0.29) is 5.91 Å². The second-order valence-electron chi connectivity index (χ2n) is 5.51. The molecule has 2 nitrogen and oxygen atoms in total. The molecule has 20 heavy (non-hydrogen) atoms. The summed E-state index contributed by atoms with van der Waals surface area (Å²) >= 11 is 0. The Morgan fingerprint density at radius 3 is 2.40 bits per heavy atom. The van der Waals surface area contributed by atoms with E-state index in [1.807, 2.05) is 17.9 Å². The van der Waals surface area contributed by atoms with Crippen LogP contribution < -0.4 is 0 Å². The minimum atomic E-state index is 0.120. The summed E-state index contributed by atoms with van der Waals surface area (Å²) < 4.78 is 0. The van der Waals surface area contributed by atoms with E-state index >= 15 is 0 Å². The summed E-state index contributed by atoms with van der Waals surface area (Å²) in [6, 6.07) is 0. The molecule has 0 heterocycles. The lowest BCUT2D eigenvalue weighted by atomic mass is 10.1. The lowest BCUT2D eigenvalue weighted by Gasteiger charge is -2.19. The van der Waals surface area contributed by atoms with Crippen LogP contribution in [0.25, 0.3) is 0 Å². The number of rotatable bonds is 9. The van der Waals surface area contributed by atoms with Crippen LogP contribution in [0.15, 0.2) is 35.5 Å². The molecule has 0 radical (unpaired) electrons. The molecule has 0 bridgehead atoms. The fourth-order valence-corrected chi connectivity index (χ4v) is 1.85. The summed E-state index contributed by atoms with van der Waals surface area (Å²) in [4.78, 5) is 13.9. The number of carbonyl (C=O) groups excluding carboxylic acids is 1. The van der Waals surface area contributed by atoms with Crippen molar-refractivity contribution in [2.24, 2.45) is 0 Å². The highest BCUT2D eigenvalue weighted by molar-refractivity contribution is 5.87. The molecule has 114 valence electrons. The number of hydrogen-bond donors (Lipinski definition) is 0. The van der Waals surface area contributed by atoms with E-state index in [0.717, 1.165) is 38.8 Å². The second kappa shape index (κ2) is 11.5. The van der Waals surface area contributed by atoms with Crippen molar-refractivity contribution < 1.29 is 4.79 Å². The van der Waals surface area contributed by atoms with Crippen LogP contribution in [0.4, 0.5) is 0 Å². The molecule has 0 aliphatic heterocycles. The summed E-state index contributed by atoms with van der Waals surface area (Å²) in [6.45, 7) is 12.0. The van der Waals surface area contributed by atoms with E-state index < -0.39 is 0 Å². The zero-order valence-electron chi connectivity index (χ0n) is 13.9. The zero-order chi connectivity index (χ0) is 15.4. The summed E-state index contributed by atoms with van der Waals surface area (Å²) in [5.41, 5.74) is 2.72. The summed E-state index contributed by atoms with van der Waals surface area (Å²) in [6.07, 6.45) is 12.3. The Labute approximate surface area is 125 Å². The number of carbonyl (C=O) groups is 1. The summed E-state index contributed by atoms with van der Waals surface area (Å²) in [5.74, 6) is 0.120. The van der Waals surface area contributed by atoms with Gasteiger partial charge >= 0.3 is 0 Å². The van der Waals surface area contributed by atoms with Gasteiger partial charge < -0.3 is 4.90 Å². The Balaban J connectivity index is 4.41. The average Bonchev–Trinajstić information content (AvgIpc) is 2.38. The van der Waals surface area contributed by atoms with Gasteiger partial charge in [-0.05, 0) is 53.0 Å². The van der Waals surface area contributed by atoms with Gasteiger partial charge in [-0.1, -0.05) is 42.7 Å². The molecule has 1 amide bonds. The fourth-order valence-electron chi connectivity index (χ4n) is 1.85. The molecule has 0 unspecified atom stereocenters. The van der Waals surface area contributed by atoms with Crippen LogP contribution in [0.3, 0.4) is 0 Å². The van der Waals surface area contributed by atoms with Gasteiger partial charge in [-0.3, -0.25) is 4.79 Å². The van der Waals surface area contributed by atoms with Gasteiger partial charge in [-0.25, -0.2) is 0 Å². The Bertz CT molecular complexity index is 360. The smallest absolute Gasteiger partial charge is 0.246 e. The first-order valence-corrected chi connectivity index (χ1v) is 7.71. The number of nitrogens with zero attached hydrogens (tertiary/aromatic N) is 1. The number of amides is 1. The molecule has 0 N–H and O–H groups in total. The van der Waals surface area contributed by atoms with Crippen LogP contribution in [0.2, 0.25) is 0 Å². The molecule has 0 aromatic carbocycles. The first-order chi connectivity index (χ1) is 9.51. The Hall–Kier alpha value is -1.31. The van der Waals surface area contributed by atoms with Crippen LogP contribution >= 0.6 is 0 Å². The van der Waals surface area contributed by atoms with Crippen molar-refractivity contribution in [2.45, 2.75) is 60.3 Å². The molecule has 0 rings (SSSR count). The van der Waals surface area contributed by atoms with Crippen LogP contribution in [0.1, 0.15) is 60.3 Å². The van der Waals surface area contributed by atoms with Crippen molar-refractivity contribution in [3.05, 3.63) is 35.5 Å². The topological polar surface area (TPSA) is 20.3 Å². The van der Waals surface area contributed by atoms with Crippen molar-refractivity contribution in [3.8, 4) is 0 Å². The van der Waals surface area contributed by atoms with Gasteiger partial charge in [-0.2, -0.15) is 0 Å². The summed E-state index contributed by atoms with van der Waals surface area (Å²) in [5, 5.41) is 0. The van der Waals surface area contributed by atoms with E-state index in [1.165, 1.54) is 11.1 Å². The predicted octanol–water partition coefficient (Wildman–Crippen LogP) is 4.88. The van der Waals surface area contributed by atoms with Crippen molar-refractivity contribution in [1.29, 1.82) is 0 Å². The third-order valence-corrected chi connectivity index (χ3v) is 3.15. The molecular formula is C18H31NO. The standard InChI is InChI=1S/C18H31NO/c1-6-8-14-19(18(20)10-7-2)15-13-17(5)12-9-11-16(3)4/h7,10-11,13H,6,8-9,12,14-15H2,1-5H3/b10-7+,17-13+.